The molecule has 0 spiro atoms. The van der Waals surface area contributed by atoms with Crippen molar-refractivity contribution in [1.29, 1.82) is 0 Å². The lowest BCUT2D eigenvalue weighted by molar-refractivity contribution is -0.607. The first-order chi connectivity index (χ1) is 15.3. The van der Waals surface area contributed by atoms with Crippen molar-refractivity contribution in [3.05, 3.63) is 81.9 Å². The van der Waals surface area contributed by atoms with Crippen LogP contribution in [-0.2, 0) is 14.8 Å². The molecule has 33 heavy (non-hydrogen) atoms. The maximum atomic E-state index is 13.0. The highest BCUT2D eigenvalue weighted by atomic mass is 79.9. The van der Waals surface area contributed by atoms with E-state index in [-0.39, 0.29) is 21.6 Å². The van der Waals surface area contributed by atoms with E-state index in [9.17, 15) is 28.3 Å². The number of alkyl halides is 2. The Morgan fingerprint density at radius 2 is 1.88 bits per heavy atom. The van der Waals surface area contributed by atoms with Gasteiger partial charge in [0.1, 0.15) is 8.80 Å². The highest BCUT2D eigenvalue weighted by Crippen LogP contribution is 2.38. The number of aliphatic carboxylic acids is 1. The van der Waals surface area contributed by atoms with Crippen LogP contribution in [0, 0.1) is 5.21 Å². The first kappa shape index (κ1) is 25.2. The molecular formula is C20H16Br2ClN3O6S. The summed E-state index contributed by atoms with van der Waals surface area (Å²) in [5, 5.41) is 24.4. The molecule has 0 atom stereocenters. The number of rotatable bonds is 6. The Hall–Kier alpha value is -2.41. The van der Waals surface area contributed by atoms with Crippen molar-refractivity contribution in [3.63, 3.8) is 0 Å². The number of nitrogens with one attached hydrogen (secondary N) is 1. The van der Waals surface area contributed by atoms with Gasteiger partial charge in [-0.3, -0.25) is 9.10 Å². The molecule has 1 aliphatic rings. The number of benzene rings is 1. The molecule has 1 aromatic carbocycles. The van der Waals surface area contributed by atoms with Gasteiger partial charge in [0.2, 0.25) is 6.20 Å². The molecule has 0 saturated carbocycles. The van der Waals surface area contributed by atoms with E-state index in [1.165, 1.54) is 43.5 Å². The van der Waals surface area contributed by atoms with E-state index in [0.29, 0.717) is 17.1 Å². The second-order valence-corrected chi connectivity index (χ2v) is 13.3. The van der Waals surface area contributed by atoms with Crippen LogP contribution < -0.4 is 14.4 Å². The van der Waals surface area contributed by atoms with Crippen LogP contribution in [0.3, 0.4) is 0 Å². The summed E-state index contributed by atoms with van der Waals surface area (Å²) in [7, 11) is -2.90. The topological polar surface area (TPSA) is 131 Å². The lowest BCUT2D eigenvalue weighted by atomic mass is 10.0. The van der Waals surface area contributed by atoms with Gasteiger partial charge >= 0.3 is 5.97 Å². The summed E-state index contributed by atoms with van der Waals surface area (Å²) in [6, 6.07) is 7.05. The number of hydrogen-bond acceptors (Lipinski definition) is 5. The summed E-state index contributed by atoms with van der Waals surface area (Å²) in [5.74, 6) is -2.12. The highest BCUT2D eigenvalue weighted by Gasteiger charge is 2.30. The quantitative estimate of drug-likeness (QED) is 0.289. The number of sulfonamides is 1. The fourth-order valence-electron chi connectivity index (χ4n) is 2.93. The largest absolute Gasteiger partial charge is 0.619 e. The summed E-state index contributed by atoms with van der Waals surface area (Å²) in [6.07, 6.45) is 4.90. The summed E-state index contributed by atoms with van der Waals surface area (Å²) in [4.78, 5) is 23.9. The summed E-state index contributed by atoms with van der Waals surface area (Å²) < 4.78 is 26.5. The summed E-state index contributed by atoms with van der Waals surface area (Å²) >= 11 is 12.5. The lowest BCUT2D eigenvalue weighted by Crippen LogP contribution is -2.35. The highest BCUT2D eigenvalue weighted by molar-refractivity contribution is 9.25. The zero-order chi connectivity index (χ0) is 24.6. The average molecular weight is 622 g/mol. The number of anilines is 1. The first-order valence-corrected chi connectivity index (χ1v) is 12.5. The number of carboxylic acids is 1. The van der Waals surface area contributed by atoms with Crippen LogP contribution in [0.1, 0.15) is 16.8 Å². The number of carbonyl (C=O) groups is 2. The van der Waals surface area contributed by atoms with Crippen LogP contribution in [0.25, 0.3) is 0 Å². The molecule has 1 aromatic heterocycles. The van der Waals surface area contributed by atoms with E-state index in [4.69, 9.17) is 11.6 Å². The number of aromatic nitrogens is 1. The number of hydrogen-bond donors (Lipinski definition) is 2. The minimum atomic E-state index is -4.20. The number of allylic oxidation sites excluding steroid dienone is 2. The third-order valence-electron chi connectivity index (χ3n) is 4.63. The number of carboxylic acid groups (broad SMARTS) is 1. The molecule has 1 amide bonds. The van der Waals surface area contributed by atoms with Crippen LogP contribution in [0.4, 0.5) is 5.69 Å². The molecule has 0 fully saturated rings. The van der Waals surface area contributed by atoms with Crippen LogP contribution in [0.5, 0.6) is 0 Å². The monoisotopic (exact) mass is 619 g/mol. The predicted molar refractivity (Wildman–Crippen MR) is 129 cm³/mol. The Labute approximate surface area is 211 Å². The molecule has 2 aromatic rings. The number of carbonyl (C=O) groups excluding carboxylic acids is 1. The predicted octanol–water partition coefficient (Wildman–Crippen LogP) is 3.31. The van der Waals surface area contributed by atoms with E-state index in [1.807, 2.05) is 0 Å². The molecule has 13 heteroatoms. The van der Waals surface area contributed by atoms with Gasteiger partial charge in [0, 0.05) is 12.1 Å². The Kier molecular flexibility index (Phi) is 7.22. The van der Waals surface area contributed by atoms with Gasteiger partial charge in [0.25, 0.3) is 15.9 Å². The van der Waals surface area contributed by atoms with Crippen molar-refractivity contribution in [1.82, 2.24) is 5.32 Å². The molecule has 0 bridgehead atoms. The fraction of sp³-hybridized carbons (Fsp3) is 0.150. The summed E-state index contributed by atoms with van der Waals surface area (Å²) in [5.41, 5.74) is -0.130. The van der Waals surface area contributed by atoms with Gasteiger partial charge in [0.15, 0.2) is 11.1 Å². The van der Waals surface area contributed by atoms with Gasteiger partial charge in [-0.15, -0.1) is 0 Å². The molecule has 1 aliphatic carbocycles. The molecule has 2 N–H and O–H groups in total. The van der Waals surface area contributed by atoms with Gasteiger partial charge < -0.3 is 15.6 Å². The minimum absolute atomic E-state index is 0.0195. The van der Waals surface area contributed by atoms with Crippen LogP contribution in [0.2, 0.25) is 5.02 Å². The Bertz CT molecular complexity index is 1290. The molecule has 0 unspecified atom stereocenters. The Morgan fingerprint density at radius 1 is 1.24 bits per heavy atom. The molecule has 1 heterocycles. The molecular weight excluding hydrogens is 606 g/mol. The van der Waals surface area contributed by atoms with Crippen molar-refractivity contribution in [3.8, 4) is 0 Å². The normalized spacial score (nSPS) is 15.3. The van der Waals surface area contributed by atoms with Crippen molar-refractivity contribution >= 4 is 71.0 Å². The maximum Gasteiger partial charge on any atom is 0.337 e. The standard InChI is InChI=1S/C20H16Br2ClN3O6S/c1-25(14-4-2-13(23)3-5-14)33(31,32)15-8-12(10-26(30)11-15)18(27)24-17-6-7-20(21,22)9-16(17)19(28)29/h2-6,8-11H,7H2,1H3,(H,24,27)(H,28,29). The second-order valence-electron chi connectivity index (χ2n) is 6.97. The number of pyridine rings is 1. The zero-order valence-corrected chi connectivity index (χ0v) is 21.6. The molecule has 0 aliphatic heterocycles. The third-order valence-corrected chi connectivity index (χ3v) is 7.74. The number of halogens is 3. The summed E-state index contributed by atoms with van der Waals surface area (Å²) in [6.45, 7) is 0. The SMILES string of the molecule is CN(c1ccc(Cl)cc1)S(=O)(=O)c1cc(C(=O)NC2=CCC(Br)(Br)C=C2C(=O)O)c[n+]([O-])c1. The van der Waals surface area contributed by atoms with Crippen LogP contribution in [0.15, 0.2) is 71.0 Å². The number of nitrogens with zero attached hydrogens (tertiary/aromatic N) is 2. The smallest absolute Gasteiger partial charge is 0.337 e. The van der Waals surface area contributed by atoms with Gasteiger partial charge in [-0.1, -0.05) is 49.5 Å². The maximum absolute atomic E-state index is 13.0. The lowest BCUT2D eigenvalue weighted by Gasteiger charge is -2.23. The molecule has 0 saturated heterocycles. The van der Waals surface area contributed by atoms with Crippen molar-refractivity contribution in [2.24, 2.45) is 0 Å². The minimum Gasteiger partial charge on any atom is -0.619 e. The van der Waals surface area contributed by atoms with Crippen LogP contribution >= 0.6 is 43.5 Å². The molecule has 0 radical (unpaired) electrons. The first-order valence-electron chi connectivity index (χ1n) is 9.14. The van der Waals surface area contributed by atoms with Gasteiger partial charge in [-0.25, -0.2) is 13.2 Å². The van der Waals surface area contributed by atoms with E-state index in [1.54, 1.807) is 0 Å². The Balaban J connectivity index is 1.92. The second kappa shape index (κ2) is 9.45. The van der Waals surface area contributed by atoms with E-state index >= 15 is 0 Å². The fourth-order valence-corrected chi connectivity index (χ4v) is 5.06. The average Bonchev–Trinajstić information content (AvgIpc) is 2.74. The number of amides is 1. The van der Waals surface area contributed by atoms with Crippen LogP contribution in [-0.4, -0.2) is 35.7 Å². The van der Waals surface area contributed by atoms with Crippen molar-refractivity contribution in [2.75, 3.05) is 11.4 Å². The van der Waals surface area contributed by atoms with Crippen molar-refractivity contribution in [2.45, 2.75) is 14.5 Å². The van der Waals surface area contributed by atoms with Gasteiger partial charge in [-0.2, -0.15) is 4.73 Å². The molecule has 9 nitrogen and oxygen atoms in total. The zero-order valence-electron chi connectivity index (χ0n) is 16.8. The van der Waals surface area contributed by atoms with Gasteiger partial charge in [0.05, 0.1) is 17.0 Å². The van der Waals surface area contributed by atoms with E-state index < -0.39 is 30.0 Å². The Morgan fingerprint density at radius 3 is 2.48 bits per heavy atom. The van der Waals surface area contributed by atoms with E-state index in [2.05, 4.69) is 37.2 Å². The van der Waals surface area contributed by atoms with E-state index in [0.717, 1.165) is 22.8 Å². The molecule has 174 valence electrons. The van der Waals surface area contributed by atoms with Gasteiger partial charge in [-0.05, 0) is 42.8 Å². The third kappa shape index (κ3) is 5.75. The molecule has 3 rings (SSSR count). The van der Waals surface area contributed by atoms with Crippen molar-refractivity contribution < 1.29 is 27.8 Å².